The second-order valence-electron chi connectivity index (χ2n) is 7.64. The fourth-order valence-corrected chi connectivity index (χ4v) is 4.51. The molecule has 138 valence electrons. The van der Waals surface area contributed by atoms with Crippen molar-refractivity contribution in [2.45, 2.75) is 38.3 Å². The van der Waals surface area contributed by atoms with Crippen molar-refractivity contribution in [2.24, 2.45) is 10.9 Å². The Balaban J connectivity index is 1.49. The lowest BCUT2D eigenvalue weighted by molar-refractivity contribution is -0.150. The predicted molar refractivity (Wildman–Crippen MR) is 103 cm³/mol. The van der Waals surface area contributed by atoms with Crippen molar-refractivity contribution < 1.29 is 14.3 Å². The van der Waals surface area contributed by atoms with Crippen LogP contribution in [0.25, 0.3) is 0 Å². The summed E-state index contributed by atoms with van der Waals surface area (Å²) in [5.74, 6) is 0.351. The molecule has 5 rings (SSSR count). The number of hydrogen-bond donors (Lipinski definition) is 0. The van der Waals surface area contributed by atoms with Crippen LogP contribution in [0.4, 0.5) is 0 Å². The molecule has 0 aromatic heterocycles. The number of fused-ring (bicyclic) bond motifs is 2. The summed E-state index contributed by atoms with van der Waals surface area (Å²) < 4.78 is 11.3. The number of nitrogens with zero attached hydrogens (tertiary/aromatic N) is 1. The highest BCUT2D eigenvalue weighted by Gasteiger charge is 2.32. The first kappa shape index (κ1) is 16.7. The molecule has 1 atom stereocenters. The Hall–Kier alpha value is -2.46. The van der Waals surface area contributed by atoms with Gasteiger partial charge in [0.1, 0.15) is 6.10 Å². The smallest absolute Gasteiger partial charge is 0.310 e. The lowest BCUT2D eigenvalue weighted by Crippen LogP contribution is -2.26. The van der Waals surface area contributed by atoms with Crippen molar-refractivity contribution in [3.8, 4) is 0 Å². The third-order valence-corrected chi connectivity index (χ3v) is 5.89. The van der Waals surface area contributed by atoms with Crippen LogP contribution in [-0.2, 0) is 33.7 Å². The third kappa shape index (κ3) is 3.19. The molecule has 0 aliphatic carbocycles. The Morgan fingerprint density at radius 3 is 2.67 bits per heavy atom. The molecule has 0 saturated carbocycles. The van der Waals surface area contributed by atoms with Gasteiger partial charge in [-0.1, -0.05) is 36.4 Å². The highest BCUT2D eigenvalue weighted by molar-refractivity contribution is 6.05. The number of esters is 1. The zero-order valence-corrected chi connectivity index (χ0v) is 15.3. The third-order valence-electron chi connectivity index (χ3n) is 5.89. The largest absolute Gasteiger partial charge is 0.457 e. The fraction of sp³-hybridized carbons (Fsp3) is 0.391. The van der Waals surface area contributed by atoms with Crippen LogP contribution in [0.15, 0.2) is 47.5 Å². The standard InChI is InChI=1S/C23H23NO3/c25-22-12-17-11-18-14-24-23(16-6-8-26-9-7-16)20(18)13-19(17)21(27-22)10-15-4-2-1-3-5-15/h1-5,11,13,16,21H,6-10,12,14H2. The van der Waals surface area contributed by atoms with Gasteiger partial charge in [0.15, 0.2) is 0 Å². The Bertz CT molecular complexity index is 897. The van der Waals surface area contributed by atoms with Crippen molar-refractivity contribution in [3.63, 3.8) is 0 Å². The number of carbonyl (C=O) groups excluding carboxylic acids is 1. The van der Waals surface area contributed by atoms with Crippen molar-refractivity contribution in [2.75, 3.05) is 13.2 Å². The summed E-state index contributed by atoms with van der Waals surface area (Å²) >= 11 is 0. The van der Waals surface area contributed by atoms with Crippen molar-refractivity contribution in [1.29, 1.82) is 0 Å². The zero-order valence-electron chi connectivity index (χ0n) is 15.3. The molecule has 2 aromatic carbocycles. The van der Waals surface area contributed by atoms with E-state index in [4.69, 9.17) is 14.5 Å². The fourth-order valence-electron chi connectivity index (χ4n) is 4.51. The number of hydrogen-bond acceptors (Lipinski definition) is 4. The van der Waals surface area contributed by atoms with Gasteiger partial charge in [0.05, 0.1) is 13.0 Å². The van der Waals surface area contributed by atoms with E-state index in [0.29, 0.717) is 18.8 Å². The molecule has 0 spiro atoms. The van der Waals surface area contributed by atoms with E-state index in [1.165, 1.54) is 22.4 Å². The number of aliphatic imine (C=N–C) groups is 1. The van der Waals surface area contributed by atoms with Crippen molar-refractivity contribution >= 4 is 11.7 Å². The maximum atomic E-state index is 12.2. The normalized spacial score (nSPS) is 22.0. The van der Waals surface area contributed by atoms with E-state index >= 15 is 0 Å². The first-order valence-electron chi connectivity index (χ1n) is 9.79. The van der Waals surface area contributed by atoms with Crippen LogP contribution in [-0.4, -0.2) is 24.9 Å². The van der Waals surface area contributed by atoms with E-state index in [-0.39, 0.29) is 12.1 Å². The number of benzene rings is 2. The molecular weight excluding hydrogens is 338 g/mol. The van der Waals surface area contributed by atoms with Crippen LogP contribution in [0.5, 0.6) is 0 Å². The Morgan fingerprint density at radius 2 is 1.85 bits per heavy atom. The van der Waals surface area contributed by atoms with E-state index in [0.717, 1.165) is 43.7 Å². The lowest BCUT2D eigenvalue weighted by Gasteiger charge is -2.28. The molecule has 2 aromatic rings. The maximum Gasteiger partial charge on any atom is 0.310 e. The summed E-state index contributed by atoms with van der Waals surface area (Å²) in [7, 11) is 0. The summed E-state index contributed by atoms with van der Waals surface area (Å²) in [6, 6.07) is 14.7. The van der Waals surface area contributed by atoms with Crippen LogP contribution in [0.2, 0.25) is 0 Å². The van der Waals surface area contributed by atoms with Gasteiger partial charge in [0.25, 0.3) is 0 Å². The van der Waals surface area contributed by atoms with E-state index in [1.807, 2.05) is 18.2 Å². The molecule has 0 radical (unpaired) electrons. The first-order valence-corrected chi connectivity index (χ1v) is 9.79. The molecule has 3 aliphatic rings. The van der Waals surface area contributed by atoms with E-state index in [9.17, 15) is 4.79 Å². The van der Waals surface area contributed by atoms with Gasteiger partial charge in [0, 0.05) is 36.8 Å². The van der Waals surface area contributed by atoms with Crippen LogP contribution in [0, 0.1) is 5.92 Å². The monoisotopic (exact) mass is 361 g/mol. The van der Waals surface area contributed by atoms with Crippen LogP contribution in [0.3, 0.4) is 0 Å². The molecule has 4 heteroatoms. The van der Waals surface area contributed by atoms with E-state index in [1.54, 1.807) is 0 Å². The number of ether oxygens (including phenoxy) is 2. The summed E-state index contributed by atoms with van der Waals surface area (Å²) in [5.41, 5.74) is 7.18. The average molecular weight is 361 g/mol. The molecule has 0 amide bonds. The second kappa shape index (κ2) is 6.93. The molecule has 0 bridgehead atoms. The van der Waals surface area contributed by atoms with Gasteiger partial charge in [0.2, 0.25) is 0 Å². The van der Waals surface area contributed by atoms with E-state index in [2.05, 4.69) is 24.3 Å². The van der Waals surface area contributed by atoms with Crippen molar-refractivity contribution in [3.05, 3.63) is 70.3 Å². The summed E-state index contributed by atoms with van der Waals surface area (Å²) in [4.78, 5) is 17.0. The summed E-state index contributed by atoms with van der Waals surface area (Å²) in [6.45, 7) is 2.37. The van der Waals surface area contributed by atoms with Crippen LogP contribution >= 0.6 is 0 Å². The SMILES string of the molecule is O=C1Cc2cc3c(cc2C(Cc2ccccc2)O1)C(C1CCOCC1)=NC3. The number of cyclic esters (lactones) is 1. The Labute approximate surface area is 159 Å². The highest BCUT2D eigenvalue weighted by atomic mass is 16.5. The molecule has 1 fully saturated rings. The molecular formula is C23H23NO3. The first-order chi connectivity index (χ1) is 13.3. The zero-order chi connectivity index (χ0) is 18.2. The van der Waals surface area contributed by atoms with Crippen molar-refractivity contribution in [1.82, 2.24) is 0 Å². The number of carbonyl (C=O) groups is 1. The lowest BCUT2D eigenvalue weighted by atomic mass is 9.85. The highest BCUT2D eigenvalue weighted by Crippen LogP contribution is 2.36. The van der Waals surface area contributed by atoms with Gasteiger partial charge in [-0.2, -0.15) is 0 Å². The molecule has 3 aliphatic heterocycles. The van der Waals surface area contributed by atoms with Crippen LogP contribution < -0.4 is 0 Å². The Kier molecular flexibility index (Phi) is 4.29. The molecule has 3 heterocycles. The van der Waals surface area contributed by atoms with Gasteiger partial charge in [-0.15, -0.1) is 0 Å². The molecule has 27 heavy (non-hydrogen) atoms. The minimum Gasteiger partial charge on any atom is -0.457 e. The van der Waals surface area contributed by atoms with E-state index < -0.39 is 0 Å². The Morgan fingerprint density at radius 1 is 1.04 bits per heavy atom. The molecule has 1 unspecified atom stereocenters. The second-order valence-corrected chi connectivity index (χ2v) is 7.64. The van der Waals surface area contributed by atoms with Gasteiger partial charge in [-0.3, -0.25) is 9.79 Å². The minimum atomic E-state index is -0.217. The number of rotatable bonds is 3. The predicted octanol–water partition coefficient (Wildman–Crippen LogP) is 3.80. The summed E-state index contributed by atoms with van der Waals surface area (Å²) in [5, 5.41) is 0. The van der Waals surface area contributed by atoms with Gasteiger partial charge in [-0.25, -0.2) is 0 Å². The van der Waals surface area contributed by atoms with Crippen LogP contribution in [0.1, 0.15) is 46.8 Å². The quantitative estimate of drug-likeness (QED) is 0.782. The molecule has 0 N–H and O–H groups in total. The van der Waals surface area contributed by atoms with Gasteiger partial charge in [-0.05, 0) is 41.2 Å². The topological polar surface area (TPSA) is 47.9 Å². The molecule has 4 nitrogen and oxygen atoms in total. The summed E-state index contributed by atoms with van der Waals surface area (Å²) in [6.07, 6.45) is 2.93. The maximum absolute atomic E-state index is 12.2. The van der Waals surface area contributed by atoms with Gasteiger partial charge >= 0.3 is 5.97 Å². The average Bonchev–Trinajstić information content (AvgIpc) is 3.11. The van der Waals surface area contributed by atoms with Gasteiger partial charge < -0.3 is 9.47 Å². The minimum absolute atomic E-state index is 0.132. The molecule has 1 saturated heterocycles.